The maximum absolute atomic E-state index is 12.6. The molecule has 0 saturated heterocycles. The van der Waals surface area contributed by atoms with Crippen molar-refractivity contribution in [3.05, 3.63) is 51.2 Å². The Hall–Kier alpha value is -2.58. The van der Waals surface area contributed by atoms with E-state index in [2.05, 4.69) is 19.2 Å². The van der Waals surface area contributed by atoms with E-state index in [4.69, 9.17) is 14.2 Å². The van der Waals surface area contributed by atoms with Crippen LogP contribution in [0.5, 0.6) is 0 Å². The van der Waals surface area contributed by atoms with E-state index in [-0.39, 0.29) is 24.1 Å². The molecule has 2 N–H and O–H groups in total. The van der Waals surface area contributed by atoms with Gasteiger partial charge in [0.25, 0.3) is 0 Å². The normalized spacial score (nSPS) is 20.3. The third kappa shape index (κ3) is 4.44. The first-order chi connectivity index (χ1) is 14.4. The number of aromatic nitrogens is 1. The van der Waals surface area contributed by atoms with E-state index in [0.29, 0.717) is 36.8 Å². The van der Waals surface area contributed by atoms with Crippen LogP contribution in [0.25, 0.3) is 5.70 Å². The van der Waals surface area contributed by atoms with Gasteiger partial charge in [-0.15, -0.1) is 0 Å². The number of aliphatic hydroxyl groups is 1. The van der Waals surface area contributed by atoms with Gasteiger partial charge in [0.2, 0.25) is 0 Å². The minimum atomic E-state index is -1.02. The summed E-state index contributed by atoms with van der Waals surface area (Å²) >= 11 is 0. The molecule has 0 spiro atoms. The summed E-state index contributed by atoms with van der Waals surface area (Å²) in [5.74, 6) is 0.0799. The van der Waals surface area contributed by atoms with Gasteiger partial charge in [0.05, 0.1) is 24.6 Å². The van der Waals surface area contributed by atoms with E-state index in [1.165, 1.54) is 6.07 Å². The number of allylic oxidation sites excluding steroid dienone is 2. The molecule has 0 radical (unpaired) electrons. The zero-order valence-electron chi connectivity index (χ0n) is 17.9. The number of rotatable bonds is 8. The third-order valence-electron chi connectivity index (χ3n) is 5.34. The molecule has 3 heterocycles. The molecule has 2 atom stereocenters. The van der Waals surface area contributed by atoms with Crippen LogP contribution in [-0.4, -0.2) is 48.8 Å². The number of carbonyl (C=O) groups is 1. The molecule has 1 aromatic rings. The minimum absolute atomic E-state index is 0.0179. The van der Waals surface area contributed by atoms with E-state index < -0.39 is 17.6 Å². The summed E-state index contributed by atoms with van der Waals surface area (Å²) in [7, 11) is 1.63. The highest BCUT2D eigenvalue weighted by atomic mass is 16.5. The second kappa shape index (κ2) is 9.49. The molecule has 164 valence electrons. The summed E-state index contributed by atoms with van der Waals surface area (Å²) in [5, 5.41) is 13.6. The molecule has 1 aromatic heterocycles. The number of hydrogen-bond acceptors (Lipinski definition) is 7. The number of ether oxygens (including phenoxy) is 3. The van der Waals surface area contributed by atoms with Gasteiger partial charge in [0, 0.05) is 38.4 Å². The van der Waals surface area contributed by atoms with Gasteiger partial charge in [-0.1, -0.05) is 13.8 Å². The number of esters is 1. The van der Waals surface area contributed by atoms with Crippen molar-refractivity contribution in [1.82, 2.24) is 9.88 Å². The van der Waals surface area contributed by atoms with Gasteiger partial charge in [0.1, 0.15) is 11.3 Å². The van der Waals surface area contributed by atoms with Gasteiger partial charge in [-0.25, -0.2) is 4.79 Å². The number of hydrogen-bond donors (Lipinski definition) is 2. The van der Waals surface area contributed by atoms with E-state index >= 15 is 0 Å². The molecule has 30 heavy (non-hydrogen) atoms. The summed E-state index contributed by atoms with van der Waals surface area (Å²) < 4.78 is 17.7. The quantitative estimate of drug-likeness (QED) is 0.493. The SMILES string of the molecule is CCOC(=O)c1cn2c(cc1=O)C1=C(C=C(OCCCOC)C(O)N1)CC2C(C)C. The number of fused-ring (bicyclic) bond motifs is 2. The number of carbonyl (C=O) groups excluding carboxylic acids is 1. The standard InChI is InChI=1S/C22H30N2O6/c1-5-29-22(27)15-12-24-16(13(2)3)9-14-10-19(30-8-6-7-28-4)21(26)23-20(14)17(24)11-18(15)25/h10-13,16,21,23,26H,5-9H2,1-4H3. The van der Waals surface area contributed by atoms with Gasteiger partial charge < -0.3 is 29.2 Å². The molecule has 0 aliphatic carbocycles. The smallest absolute Gasteiger partial charge is 0.343 e. The lowest BCUT2D eigenvalue weighted by Gasteiger charge is -2.37. The molecule has 2 unspecified atom stereocenters. The molecule has 2 aliphatic heterocycles. The first-order valence-corrected chi connectivity index (χ1v) is 10.3. The highest BCUT2D eigenvalue weighted by Gasteiger charge is 2.33. The largest absolute Gasteiger partial charge is 0.493 e. The fraction of sp³-hybridized carbons (Fsp3) is 0.545. The van der Waals surface area contributed by atoms with Crippen molar-refractivity contribution in [3.8, 4) is 0 Å². The third-order valence-corrected chi connectivity index (χ3v) is 5.34. The number of dihydropyridines is 1. The van der Waals surface area contributed by atoms with Crippen molar-refractivity contribution < 1.29 is 24.1 Å². The van der Waals surface area contributed by atoms with Crippen molar-refractivity contribution in [2.24, 2.45) is 5.92 Å². The Balaban J connectivity index is 2.00. The lowest BCUT2D eigenvalue weighted by molar-refractivity contribution is 0.0523. The van der Waals surface area contributed by atoms with Crippen LogP contribution in [-0.2, 0) is 14.2 Å². The van der Waals surface area contributed by atoms with Crippen LogP contribution in [0.15, 0.2) is 34.5 Å². The first kappa shape index (κ1) is 22.1. The van der Waals surface area contributed by atoms with E-state index in [1.807, 2.05) is 10.6 Å². The zero-order valence-corrected chi connectivity index (χ0v) is 17.9. The van der Waals surface area contributed by atoms with Crippen molar-refractivity contribution in [2.75, 3.05) is 26.9 Å². The van der Waals surface area contributed by atoms with Gasteiger partial charge in [0.15, 0.2) is 11.7 Å². The lowest BCUT2D eigenvalue weighted by atomic mass is 9.88. The molecular formula is C22H30N2O6. The predicted octanol–water partition coefficient (Wildman–Crippen LogP) is 2.20. The summed E-state index contributed by atoms with van der Waals surface area (Å²) in [6.45, 7) is 7.12. The average Bonchev–Trinajstić information content (AvgIpc) is 2.70. The molecule has 3 rings (SSSR count). The van der Waals surface area contributed by atoms with Gasteiger partial charge in [-0.05, 0) is 30.9 Å². The fourth-order valence-electron chi connectivity index (χ4n) is 3.80. The molecule has 0 saturated carbocycles. The van der Waals surface area contributed by atoms with Crippen LogP contribution in [0.3, 0.4) is 0 Å². The maximum atomic E-state index is 12.6. The highest BCUT2D eigenvalue weighted by molar-refractivity contribution is 5.89. The molecule has 2 aliphatic rings. The molecule has 8 nitrogen and oxygen atoms in total. The Morgan fingerprint density at radius 1 is 1.37 bits per heavy atom. The van der Waals surface area contributed by atoms with Crippen molar-refractivity contribution in [1.29, 1.82) is 0 Å². The summed E-state index contributed by atoms with van der Waals surface area (Å²) in [6.07, 6.45) is 3.81. The fourth-order valence-corrected chi connectivity index (χ4v) is 3.80. The second-order valence-electron chi connectivity index (χ2n) is 7.77. The molecule has 8 heteroatoms. The Kier molecular flexibility index (Phi) is 6.99. The Morgan fingerprint density at radius 2 is 2.13 bits per heavy atom. The number of pyridine rings is 1. The lowest BCUT2D eigenvalue weighted by Crippen LogP contribution is -2.39. The molecular weight excluding hydrogens is 388 g/mol. The number of nitrogens with zero attached hydrogens (tertiary/aromatic N) is 1. The Bertz CT molecular complexity index is 915. The van der Waals surface area contributed by atoms with Crippen LogP contribution in [0.1, 0.15) is 55.7 Å². The second-order valence-corrected chi connectivity index (χ2v) is 7.77. The van der Waals surface area contributed by atoms with E-state index in [9.17, 15) is 14.7 Å². The molecule has 0 fully saturated rings. The average molecular weight is 418 g/mol. The molecule has 0 bridgehead atoms. The maximum Gasteiger partial charge on any atom is 0.343 e. The van der Waals surface area contributed by atoms with Crippen molar-refractivity contribution in [3.63, 3.8) is 0 Å². The highest BCUT2D eigenvalue weighted by Crippen LogP contribution is 2.39. The number of aliphatic hydroxyl groups excluding tert-OH is 1. The summed E-state index contributed by atoms with van der Waals surface area (Å²) in [5.41, 5.74) is 1.89. The van der Waals surface area contributed by atoms with Crippen LogP contribution in [0.4, 0.5) is 0 Å². The monoisotopic (exact) mass is 418 g/mol. The van der Waals surface area contributed by atoms with Gasteiger partial charge >= 0.3 is 5.97 Å². The topological polar surface area (TPSA) is 99.0 Å². The van der Waals surface area contributed by atoms with E-state index in [1.54, 1.807) is 20.2 Å². The van der Waals surface area contributed by atoms with Crippen LogP contribution < -0.4 is 10.7 Å². The van der Waals surface area contributed by atoms with Crippen molar-refractivity contribution in [2.45, 2.75) is 45.9 Å². The predicted molar refractivity (Wildman–Crippen MR) is 112 cm³/mol. The Morgan fingerprint density at radius 3 is 2.80 bits per heavy atom. The van der Waals surface area contributed by atoms with Crippen LogP contribution in [0, 0.1) is 5.92 Å². The zero-order chi connectivity index (χ0) is 21.8. The van der Waals surface area contributed by atoms with E-state index in [0.717, 1.165) is 12.0 Å². The number of nitrogens with one attached hydrogen (secondary N) is 1. The van der Waals surface area contributed by atoms with Crippen molar-refractivity contribution >= 4 is 11.7 Å². The Labute approximate surface area is 176 Å². The first-order valence-electron chi connectivity index (χ1n) is 10.3. The molecule has 0 aromatic carbocycles. The summed E-state index contributed by atoms with van der Waals surface area (Å²) in [4.78, 5) is 24.8. The van der Waals surface area contributed by atoms with Gasteiger partial charge in [-0.2, -0.15) is 0 Å². The van der Waals surface area contributed by atoms with Gasteiger partial charge in [-0.3, -0.25) is 4.79 Å². The van der Waals surface area contributed by atoms with Crippen LogP contribution in [0.2, 0.25) is 0 Å². The van der Waals surface area contributed by atoms with Crippen LogP contribution >= 0.6 is 0 Å². The number of methoxy groups -OCH3 is 1. The molecule has 0 amide bonds. The minimum Gasteiger partial charge on any atom is -0.493 e. The summed E-state index contributed by atoms with van der Waals surface area (Å²) in [6, 6.07) is 1.48.